The van der Waals surface area contributed by atoms with Crippen LogP contribution in [0.3, 0.4) is 0 Å². The normalized spacial score (nSPS) is 25.1. The van der Waals surface area contributed by atoms with Crippen molar-refractivity contribution in [1.29, 1.82) is 0 Å². The molecule has 1 aliphatic carbocycles. The smallest absolute Gasteiger partial charge is 0.275 e. The van der Waals surface area contributed by atoms with E-state index in [1.807, 2.05) is 0 Å². The molecule has 1 amide bonds. The molecule has 166 valence electrons. The van der Waals surface area contributed by atoms with Gasteiger partial charge in [-0.1, -0.05) is 0 Å². The van der Waals surface area contributed by atoms with Gasteiger partial charge < -0.3 is 14.6 Å². The van der Waals surface area contributed by atoms with Crippen LogP contribution in [0.25, 0.3) is 5.65 Å². The van der Waals surface area contributed by atoms with Crippen molar-refractivity contribution in [3.05, 3.63) is 48.1 Å². The van der Waals surface area contributed by atoms with Crippen LogP contribution in [0.2, 0.25) is 0 Å². The minimum Gasteiger partial charge on any atom is -0.355 e. The lowest BCUT2D eigenvalue weighted by Crippen LogP contribution is -2.52. The highest BCUT2D eigenvalue weighted by atomic mass is 19.1. The number of aryl methyl sites for hydroxylation is 1. The van der Waals surface area contributed by atoms with Gasteiger partial charge in [-0.05, 0) is 13.3 Å². The molecule has 5 heterocycles. The number of hydrogen-bond acceptors (Lipinski definition) is 6. The minimum atomic E-state index is -0.902. The lowest BCUT2D eigenvalue weighted by molar-refractivity contribution is 0.102. The summed E-state index contributed by atoms with van der Waals surface area (Å²) in [6, 6.07) is 1.23. The summed E-state index contributed by atoms with van der Waals surface area (Å²) < 4.78 is 29.8. The molecule has 10 heteroatoms. The second kappa shape index (κ2) is 6.93. The highest BCUT2D eigenvalue weighted by Gasteiger charge is 2.61. The van der Waals surface area contributed by atoms with Gasteiger partial charge in [-0.3, -0.25) is 9.69 Å². The third kappa shape index (κ3) is 3.38. The van der Waals surface area contributed by atoms with Crippen molar-refractivity contribution in [2.24, 2.45) is 11.8 Å². The number of anilines is 2. The van der Waals surface area contributed by atoms with E-state index in [2.05, 4.69) is 30.1 Å². The van der Waals surface area contributed by atoms with E-state index in [0.717, 1.165) is 32.6 Å². The lowest BCUT2D eigenvalue weighted by atomic mass is 9.99. The van der Waals surface area contributed by atoms with Crippen molar-refractivity contribution < 1.29 is 13.6 Å². The summed E-state index contributed by atoms with van der Waals surface area (Å²) in [5.41, 5.74) is 0.454. The number of piperidine rings is 1. The molecule has 0 aromatic carbocycles. The van der Waals surface area contributed by atoms with Crippen molar-refractivity contribution in [2.75, 3.05) is 42.9 Å². The molecule has 3 fully saturated rings. The number of aromatic nitrogens is 4. The van der Waals surface area contributed by atoms with Crippen molar-refractivity contribution in [3.8, 4) is 0 Å². The van der Waals surface area contributed by atoms with Crippen molar-refractivity contribution in [3.63, 3.8) is 0 Å². The predicted octanol–water partition coefficient (Wildman–Crippen LogP) is 2.30. The third-order valence-corrected chi connectivity index (χ3v) is 6.68. The molecule has 1 saturated carbocycles. The lowest BCUT2D eigenvalue weighted by Gasteiger charge is -2.41. The number of carbonyl (C=O) groups excluding carboxylic acids is 1. The first kappa shape index (κ1) is 19.5. The molecule has 0 radical (unpaired) electrons. The van der Waals surface area contributed by atoms with Gasteiger partial charge in [0.25, 0.3) is 5.91 Å². The first-order chi connectivity index (χ1) is 15.4. The highest BCUT2D eigenvalue weighted by Crippen LogP contribution is 2.52. The summed E-state index contributed by atoms with van der Waals surface area (Å²) >= 11 is 0. The topological polar surface area (TPSA) is 78.7 Å². The SMILES string of the molecule is Cc1cn2cc(NC(=O)c3cnc(N4CC(CN5CC6CC6(F)C5)C4)cn3)cc(F)c2n1. The molecule has 3 aromatic rings. The van der Waals surface area contributed by atoms with Crippen LogP contribution >= 0.6 is 0 Å². The Hall–Kier alpha value is -3.14. The first-order valence-electron chi connectivity index (χ1n) is 10.8. The summed E-state index contributed by atoms with van der Waals surface area (Å²) in [4.78, 5) is 29.6. The second-order valence-electron chi connectivity index (χ2n) is 9.30. The van der Waals surface area contributed by atoms with Crippen molar-refractivity contribution in [2.45, 2.75) is 19.0 Å². The molecular formula is C22H23F2N7O. The van der Waals surface area contributed by atoms with E-state index in [9.17, 15) is 13.6 Å². The fourth-order valence-corrected chi connectivity index (χ4v) is 4.94. The second-order valence-corrected chi connectivity index (χ2v) is 9.30. The number of likely N-dealkylation sites (tertiary alicyclic amines) is 1. The Morgan fingerprint density at radius 2 is 2.09 bits per heavy atom. The fraction of sp³-hybridized carbons (Fsp3) is 0.455. The highest BCUT2D eigenvalue weighted by molar-refractivity contribution is 6.02. The van der Waals surface area contributed by atoms with Gasteiger partial charge in [-0.25, -0.2) is 23.7 Å². The van der Waals surface area contributed by atoms with E-state index < -0.39 is 17.4 Å². The minimum absolute atomic E-state index is 0.151. The maximum atomic E-state index is 14.2. The predicted molar refractivity (Wildman–Crippen MR) is 114 cm³/mol. The molecule has 0 bridgehead atoms. The average molecular weight is 439 g/mol. The van der Waals surface area contributed by atoms with Crippen LogP contribution in [-0.4, -0.2) is 68.6 Å². The number of nitrogens with zero attached hydrogens (tertiary/aromatic N) is 6. The van der Waals surface area contributed by atoms with Crippen molar-refractivity contribution >= 4 is 23.1 Å². The quantitative estimate of drug-likeness (QED) is 0.657. The van der Waals surface area contributed by atoms with Gasteiger partial charge in [-0.15, -0.1) is 0 Å². The van der Waals surface area contributed by atoms with Crippen LogP contribution in [0.5, 0.6) is 0 Å². The Bertz CT molecular complexity index is 1210. The zero-order valence-corrected chi connectivity index (χ0v) is 17.6. The van der Waals surface area contributed by atoms with Crippen LogP contribution in [0.15, 0.2) is 30.9 Å². The number of amides is 1. The molecule has 1 N–H and O–H groups in total. The zero-order chi connectivity index (χ0) is 22.0. The molecule has 32 heavy (non-hydrogen) atoms. The van der Waals surface area contributed by atoms with Gasteiger partial charge in [0.15, 0.2) is 11.5 Å². The zero-order valence-electron chi connectivity index (χ0n) is 17.6. The molecule has 2 unspecified atom stereocenters. The summed E-state index contributed by atoms with van der Waals surface area (Å²) in [5.74, 6) is 0.486. The molecule has 8 nitrogen and oxygen atoms in total. The van der Waals surface area contributed by atoms with Gasteiger partial charge >= 0.3 is 0 Å². The number of pyridine rings is 1. The van der Waals surface area contributed by atoms with Gasteiger partial charge in [0.05, 0.1) is 23.8 Å². The van der Waals surface area contributed by atoms with Gasteiger partial charge in [-0.2, -0.15) is 0 Å². The average Bonchev–Trinajstić information content (AvgIpc) is 3.03. The fourth-order valence-electron chi connectivity index (χ4n) is 4.94. The largest absolute Gasteiger partial charge is 0.355 e. The van der Waals surface area contributed by atoms with Crippen LogP contribution in [0, 0.1) is 24.6 Å². The summed E-state index contributed by atoms with van der Waals surface area (Å²) in [7, 11) is 0. The summed E-state index contributed by atoms with van der Waals surface area (Å²) in [6.45, 7) is 5.86. The maximum Gasteiger partial charge on any atom is 0.275 e. The molecule has 3 aromatic heterocycles. The molecule has 6 rings (SSSR count). The summed E-state index contributed by atoms with van der Waals surface area (Å²) in [5, 5.41) is 2.65. The number of imidazole rings is 1. The number of hydrogen-bond donors (Lipinski definition) is 1. The summed E-state index contributed by atoms with van der Waals surface area (Å²) in [6.07, 6.45) is 7.03. The van der Waals surface area contributed by atoms with Crippen LogP contribution in [0.1, 0.15) is 22.6 Å². The number of carbonyl (C=O) groups is 1. The van der Waals surface area contributed by atoms with E-state index in [-0.39, 0.29) is 17.3 Å². The molecule has 2 atom stereocenters. The van der Waals surface area contributed by atoms with E-state index in [1.165, 1.54) is 16.7 Å². The Kier molecular flexibility index (Phi) is 4.23. The molecule has 3 aliphatic rings. The van der Waals surface area contributed by atoms with Crippen LogP contribution in [-0.2, 0) is 0 Å². The Morgan fingerprint density at radius 3 is 2.81 bits per heavy atom. The number of nitrogens with one attached hydrogen (secondary N) is 1. The van der Waals surface area contributed by atoms with Crippen LogP contribution < -0.4 is 10.2 Å². The van der Waals surface area contributed by atoms with E-state index >= 15 is 0 Å². The molecule has 2 saturated heterocycles. The Balaban J connectivity index is 1.05. The monoisotopic (exact) mass is 439 g/mol. The van der Waals surface area contributed by atoms with Gasteiger partial charge in [0.1, 0.15) is 17.2 Å². The van der Waals surface area contributed by atoms with Gasteiger partial charge in [0, 0.05) is 63.0 Å². The number of rotatable bonds is 5. The first-order valence-corrected chi connectivity index (χ1v) is 10.8. The molecule has 2 aliphatic heterocycles. The molecule has 0 spiro atoms. The van der Waals surface area contributed by atoms with Gasteiger partial charge in [0.2, 0.25) is 0 Å². The number of fused-ring (bicyclic) bond motifs is 2. The number of halogens is 2. The Labute approximate surface area is 183 Å². The number of alkyl halides is 1. The maximum absolute atomic E-state index is 14.2. The van der Waals surface area contributed by atoms with E-state index in [4.69, 9.17) is 0 Å². The van der Waals surface area contributed by atoms with E-state index in [0.29, 0.717) is 29.7 Å². The van der Waals surface area contributed by atoms with E-state index in [1.54, 1.807) is 25.5 Å². The van der Waals surface area contributed by atoms with Crippen LogP contribution in [0.4, 0.5) is 20.3 Å². The molecular weight excluding hydrogens is 416 g/mol. The van der Waals surface area contributed by atoms with Crippen molar-refractivity contribution in [1.82, 2.24) is 24.3 Å². The standard InChI is InChI=1S/C22H23F2N7O/c1-13-6-31-11-16(2-17(23)20(31)27-13)28-21(32)18-4-26-19(5-25-18)30-8-14(9-30)7-29-10-15-3-22(15,24)12-29/h2,4-6,11,14-15H,3,7-10,12H2,1H3,(H,28,32). The third-order valence-electron chi connectivity index (χ3n) is 6.68. The Morgan fingerprint density at radius 1 is 1.25 bits per heavy atom.